The van der Waals surface area contributed by atoms with Gasteiger partial charge in [0.25, 0.3) is 5.56 Å². The van der Waals surface area contributed by atoms with Crippen molar-refractivity contribution in [2.45, 2.75) is 19.4 Å². The molecule has 0 amide bonds. The van der Waals surface area contributed by atoms with Crippen LogP contribution in [-0.4, -0.2) is 14.5 Å². The zero-order chi connectivity index (χ0) is 11.4. The van der Waals surface area contributed by atoms with Crippen molar-refractivity contribution in [2.24, 2.45) is 5.73 Å². The fraction of sp³-hybridized carbons (Fsp3) is 0.375. The van der Waals surface area contributed by atoms with Gasteiger partial charge in [-0.1, -0.05) is 12.2 Å². The molecule has 0 aliphatic heterocycles. The second-order valence-corrected chi connectivity index (χ2v) is 3.52. The number of nitrogens with zero attached hydrogens (tertiary/aromatic N) is 1. The molecule has 1 rings (SSSR count). The standard InChI is InChI=1S/C8H10FN3O2S/c9-5-4-12(3-1-2-6(10)15)8(14)11-7(5)13/h4H,1-3H2,(H2,10,15)(H,11,13,14). The van der Waals surface area contributed by atoms with Gasteiger partial charge >= 0.3 is 5.69 Å². The molecule has 0 atom stereocenters. The lowest BCUT2D eigenvalue weighted by Gasteiger charge is -2.03. The Morgan fingerprint density at radius 1 is 1.60 bits per heavy atom. The van der Waals surface area contributed by atoms with Crippen LogP contribution in [0.3, 0.4) is 0 Å². The molecule has 0 unspecified atom stereocenters. The van der Waals surface area contributed by atoms with E-state index in [1.807, 2.05) is 4.98 Å². The minimum absolute atomic E-state index is 0.268. The van der Waals surface area contributed by atoms with Crippen molar-refractivity contribution < 1.29 is 4.39 Å². The maximum atomic E-state index is 12.8. The molecule has 1 aromatic rings. The summed E-state index contributed by atoms with van der Waals surface area (Å²) in [6, 6.07) is 0. The molecule has 0 saturated carbocycles. The van der Waals surface area contributed by atoms with Gasteiger partial charge in [-0.3, -0.25) is 14.3 Å². The van der Waals surface area contributed by atoms with Crippen molar-refractivity contribution in [3.05, 3.63) is 32.9 Å². The number of aryl methyl sites for hydroxylation is 1. The van der Waals surface area contributed by atoms with Gasteiger partial charge < -0.3 is 5.73 Å². The fourth-order valence-electron chi connectivity index (χ4n) is 1.07. The molecule has 1 aromatic heterocycles. The predicted octanol–water partition coefficient (Wildman–Crippen LogP) is -0.258. The zero-order valence-corrected chi connectivity index (χ0v) is 8.64. The number of hydrogen-bond donors (Lipinski definition) is 2. The molecule has 0 bridgehead atoms. The fourth-order valence-corrected chi connectivity index (χ4v) is 1.22. The van der Waals surface area contributed by atoms with Gasteiger partial charge in [0.05, 0.1) is 11.2 Å². The third-order valence-electron chi connectivity index (χ3n) is 1.79. The van der Waals surface area contributed by atoms with Crippen molar-refractivity contribution >= 4 is 17.2 Å². The van der Waals surface area contributed by atoms with Crippen LogP contribution < -0.4 is 17.0 Å². The highest BCUT2D eigenvalue weighted by atomic mass is 32.1. The number of aromatic nitrogens is 2. The molecule has 5 nitrogen and oxygen atoms in total. The van der Waals surface area contributed by atoms with E-state index in [1.54, 1.807) is 0 Å². The van der Waals surface area contributed by atoms with Crippen LogP contribution in [0.5, 0.6) is 0 Å². The highest BCUT2D eigenvalue weighted by Gasteiger charge is 2.03. The lowest BCUT2D eigenvalue weighted by Crippen LogP contribution is -2.31. The van der Waals surface area contributed by atoms with Crippen LogP contribution in [0.2, 0.25) is 0 Å². The predicted molar refractivity (Wildman–Crippen MR) is 57.3 cm³/mol. The largest absolute Gasteiger partial charge is 0.393 e. The van der Waals surface area contributed by atoms with Gasteiger partial charge in [0.15, 0.2) is 0 Å². The molecule has 0 aromatic carbocycles. The number of H-pyrrole nitrogens is 1. The average Bonchev–Trinajstić information content (AvgIpc) is 2.13. The molecule has 82 valence electrons. The first kappa shape index (κ1) is 11.6. The summed E-state index contributed by atoms with van der Waals surface area (Å²) in [5.74, 6) is -0.982. The van der Waals surface area contributed by atoms with Crippen molar-refractivity contribution in [2.75, 3.05) is 0 Å². The summed E-state index contributed by atoms with van der Waals surface area (Å²) in [5, 5.41) is 0. The Kier molecular flexibility index (Phi) is 3.73. The van der Waals surface area contributed by atoms with E-state index >= 15 is 0 Å². The summed E-state index contributed by atoms with van der Waals surface area (Å²) in [4.78, 5) is 24.0. The van der Waals surface area contributed by atoms with Crippen LogP contribution in [0.1, 0.15) is 12.8 Å². The Morgan fingerprint density at radius 2 is 2.27 bits per heavy atom. The zero-order valence-electron chi connectivity index (χ0n) is 7.83. The monoisotopic (exact) mass is 231 g/mol. The molecule has 0 fully saturated rings. The smallest absolute Gasteiger partial charge is 0.328 e. The number of thiocarbonyl (C=S) groups is 1. The molecule has 1 heterocycles. The van der Waals surface area contributed by atoms with Crippen LogP contribution >= 0.6 is 12.2 Å². The molecule has 0 spiro atoms. The lowest BCUT2D eigenvalue weighted by molar-refractivity contribution is 0.542. The van der Waals surface area contributed by atoms with Gasteiger partial charge in [0.1, 0.15) is 0 Å². The highest BCUT2D eigenvalue weighted by molar-refractivity contribution is 7.80. The highest BCUT2D eigenvalue weighted by Crippen LogP contribution is 1.93. The summed E-state index contributed by atoms with van der Waals surface area (Å²) in [6.45, 7) is 0.268. The van der Waals surface area contributed by atoms with Gasteiger partial charge in [-0.2, -0.15) is 4.39 Å². The first-order valence-electron chi connectivity index (χ1n) is 4.28. The number of halogens is 1. The second-order valence-electron chi connectivity index (χ2n) is 3.00. The van der Waals surface area contributed by atoms with Crippen LogP contribution in [0.15, 0.2) is 15.8 Å². The molecular weight excluding hydrogens is 221 g/mol. The van der Waals surface area contributed by atoms with Crippen LogP contribution in [-0.2, 0) is 6.54 Å². The van der Waals surface area contributed by atoms with Gasteiger partial charge in [0.2, 0.25) is 5.82 Å². The number of nitrogens with two attached hydrogens (primary N) is 1. The molecule has 15 heavy (non-hydrogen) atoms. The van der Waals surface area contributed by atoms with E-state index in [4.69, 9.17) is 5.73 Å². The van der Waals surface area contributed by atoms with Gasteiger partial charge in [-0.15, -0.1) is 0 Å². The van der Waals surface area contributed by atoms with Gasteiger partial charge in [-0.25, -0.2) is 4.79 Å². The van der Waals surface area contributed by atoms with E-state index in [0.717, 1.165) is 10.8 Å². The SMILES string of the molecule is NC(=S)CCCn1cc(F)c(=O)[nH]c1=O. The maximum Gasteiger partial charge on any atom is 0.328 e. The van der Waals surface area contributed by atoms with Gasteiger partial charge in [-0.05, 0) is 12.8 Å². The quantitative estimate of drug-likeness (QED) is 0.700. The Balaban J connectivity index is 2.78. The number of aromatic amines is 1. The first-order valence-corrected chi connectivity index (χ1v) is 4.69. The molecular formula is C8H10FN3O2S. The Hall–Kier alpha value is -1.50. The number of nitrogens with one attached hydrogen (secondary N) is 1. The van der Waals surface area contributed by atoms with Crippen molar-refractivity contribution in [3.8, 4) is 0 Å². The van der Waals surface area contributed by atoms with E-state index < -0.39 is 17.1 Å². The van der Waals surface area contributed by atoms with E-state index in [2.05, 4.69) is 12.2 Å². The summed E-state index contributed by atoms with van der Waals surface area (Å²) in [7, 11) is 0. The van der Waals surface area contributed by atoms with Crippen molar-refractivity contribution in [1.82, 2.24) is 9.55 Å². The minimum Gasteiger partial charge on any atom is -0.393 e. The molecule has 0 aliphatic carbocycles. The van der Waals surface area contributed by atoms with E-state index in [9.17, 15) is 14.0 Å². The number of rotatable bonds is 4. The second kappa shape index (κ2) is 4.83. The maximum absolute atomic E-state index is 12.8. The Bertz CT molecular complexity index is 480. The minimum atomic E-state index is -1.01. The summed E-state index contributed by atoms with van der Waals surface area (Å²) < 4.78 is 13.9. The van der Waals surface area contributed by atoms with E-state index in [1.165, 1.54) is 0 Å². The van der Waals surface area contributed by atoms with Crippen LogP contribution in [0.25, 0.3) is 0 Å². The first-order chi connectivity index (χ1) is 7.00. The molecule has 3 N–H and O–H groups in total. The molecule has 7 heteroatoms. The number of hydrogen-bond acceptors (Lipinski definition) is 3. The summed E-state index contributed by atoms with van der Waals surface area (Å²) in [5.41, 5.74) is 3.62. The van der Waals surface area contributed by atoms with Crippen LogP contribution in [0, 0.1) is 5.82 Å². The average molecular weight is 231 g/mol. The molecule has 0 aliphatic rings. The van der Waals surface area contributed by atoms with Crippen molar-refractivity contribution in [1.29, 1.82) is 0 Å². The Morgan fingerprint density at radius 3 is 2.87 bits per heavy atom. The van der Waals surface area contributed by atoms with E-state index in [-0.39, 0.29) is 6.54 Å². The van der Waals surface area contributed by atoms with Crippen LogP contribution in [0.4, 0.5) is 4.39 Å². The van der Waals surface area contributed by atoms with Crippen molar-refractivity contribution in [3.63, 3.8) is 0 Å². The summed E-state index contributed by atoms with van der Waals surface area (Å²) >= 11 is 4.65. The Labute approximate surface area is 89.7 Å². The molecule has 0 radical (unpaired) electrons. The third kappa shape index (κ3) is 3.28. The van der Waals surface area contributed by atoms with E-state index in [0.29, 0.717) is 17.8 Å². The summed E-state index contributed by atoms with van der Waals surface area (Å²) in [6.07, 6.45) is 1.88. The van der Waals surface area contributed by atoms with Gasteiger partial charge in [0, 0.05) is 6.54 Å². The lowest BCUT2D eigenvalue weighted by atomic mass is 10.3. The topological polar surface area (TPSA) is 80.9 Å². The normalized spacial score (nSPS) is 10.2. The third-order valence-corrected chi connectivity index (χ3v) is 1.99. The molecule has 0 saturated heterocycles.